The Morgan fingerprint density at radius 1 is 1.16 bits per heavy atom. The molecule has 3 rings (SSSR count). The molecule has 0 bridgehead atoms. The van der Waals surface area contributed by atoms with E-state index in [1.54, 1.807) is 17.4 Å². The van der Waals surface area contributed by atoms with Gasteiger partial charge < -0.3 is 4.74 Å². The normalized spacial score (nSPS) is 16.5. The number of esters is 1. The number of thiophene rings is 1. The standard InChI is InChI=1S/C15H11NO2S/c17-15-13(10-12-7-4-8-19-12)16-14(18-15)9-11-5-2-1-3-6-11/h1-8,10H,9H2. The van der Waals surface area contributed by atoms with Crippen LogP contribution in [-0.4, -0.2) is 11.9 Å². The summed E-state index contributed by atoms with van der Waals surface area (Å²) >= 11 is 1.56. The zero-order valence-electron chi connectivity index (χ0n) is 10.1. The van der Waals surface area contributed by atoms with E-state index in [9.17, 15) is 4.79 Å². The smallest absolute Gasteiger partial charge is 0.363 e. The second-order valence-corrected chi connectivity index (χ2v) is 5.08. The number of hydrogen-bond acceptors (Lipinski definition) is 4. The van der Waals surface area contributed by atoms with Gasteiger partial charge in [0.15, 0.2) is 5.70 Å². The van der Waals surface area contributed by atoms with Crippen LogP contribution in [0.25, 0.3) is 6.08 Å². The molecule has 19 heavy (non-hydrogen) atoms. The van der Waals surface area contributed by atoms with E-state index in [2.05, 4.69) is 4.99 Å². The highest BCUT2D eigenvalue weighted by molar-refractivity contribution is 7.10. The van der Waals surface area contributed by atoms with Gasteiger partial charge >= 0.3 is 5.97 Å². The molecule has 0 N–H and O–H groups in total. The molecule has 1 aromatic carbocycles. The van der Waals surface area contributed by atoms with Crippen molar-refractivity contribution in [3.05, 3.63) is 64.0 Å². The summed E-state index contributed by atoms with van der Waals surface area (Å²) in [7, 11) is 0. The van der Waals surface area contributed by atoms with Crippen molar-refractivity contribution in [1.29, 1.82) is 0 Å². The average molecular weight is 269 g/mol. The number of hydrogen-bond donors (Lipinski definition) is 0. The summed E-state index contributed by atoms with van der Waals surface area (Å²) < 4.78 is 5.17. The summed E-state index contributed by atoms with van der Waals surface area (Å²) in [5.41, 5.74) is 1.44. The Bertz CT molecular complexity index is 642. The second kappa shape index (κ2) is 5.20. The molecule has 0 aliphatic carbocycles. The molecule has 2 heterocycles. The molecule has 94 valence electrons. The number of cyclic esters (lactones) is 1. The lowest BCUT2D eigenvalue weighted by Crippen LogP contribution is -2.06. The first kappa shape index (κ1) is 11.9. The molecule has 0 unspecified atom stereocenters. The Labute approximate surface area is 114 Å². The summed E-state index contributed by atoms with van der Waals surface area (Å²) in [6, 6.07) is 13.7. The molecular weight excluding hydrogens is 258 g/mol. The van der Waals surface area contributed by atoms with Crippen molar-refractivity contribution in [3.63, 3.8) is 0 Å². The third-order valence-electron chi connectivity index (χ3n) is 2.69. The molecule has 0 saturated carbocycles. The van der Waals surface area contributed by atoms with E-state index in [4.69, 9.17) is 4.74 Å². The third-order valence-corrected chi connectivity index (χ3v) is 3.50. The van der Waals surface area contributed by atoms with Crippen LogP contribution in [-0.2, 0) is 16.0 Å². The van der Waals surface area contributed by atoms with Crippen molar-refractivity contribution in [3.8, 4) is 0 Å². The topological polar surface area (TPSA) is 38.7 Å². The van der Waals surface area contributed by atoms with Crippen LogP contribution in [0.4, 0.5) is 0 Å². The highest BCUT2D eigenvalue weighted by atomic mass is 32.1. The quantitative estimate of drug-likeness (QED) is 0.633. The highest BCUT2D eigenvalue weighted by Crippen LogP contribution is 2.19. The first-order valence-corrected chi connectivity index (χ1v) is 6.78. The Morgan fingerprint density at radius 2 is 2.00 bits per heavy atom. The van der Waals surface area contributed by atoms with Crippen molar-refractivity contribution in [2.45, 2.75) is 6.42 Å². The maximum absolute atomic E-state index is 11.7. The van der Waals surface area contributed by atoms with Crippen LogP contribution in [0, 0.1) is 0 Å². The van der Waals surface area contributed by atoms with Gasteiger partial charge in [-0.05, 0) is 23.1 Å². The van der Waals surface area contributed by atoms with Gasteiger partial charge in [0.1, 0.15) is 0 Å². The molecule has 0 atom stereocenters. The first-order valence-electron chi connectivity index (χ1n) is 5.90. The van der Waals surface area contributed by atoms with Gasteiger partial charge in [0.25, 0.3) is 0 Å². The summed E-state index contributed by atoms with van der Waals surface area (Å²) in [5.74, 6) is 0.0818. The van der Waals surface area contributed by atoms with Crippen LogP contribution in [0.15, 0.2) is 58.5 Å². The van der Waals surface area contributed by atoms with Crippen molar-refractivity contribution in [2.24, 2.45) is 4.99 Å². The van der Waals surface area contributed by atoms with Crippen LogP contribution in [0.2, 0.25) is 0 Å². The van der Waals surface area contributed by atoms with Crippen molar-refractivity contribution >= 4 is 29.3 Å². The lowest BCUT2D eigenvalue weighted by Gasteiger charge is -1.98. The lowest BCUT2D eigenvalue weighted by molar-refractivity contribution is -0.130. The average Bonchev–Trinajstić information content (AvgIpc) is 3.02. The van der Waals surface area contributed by atoms with E-state index in [1.165, 1.54) is 0 Å². The summed E-state index contributed by atoms with van der Waals surface area (Å²) in [6.45, 7) is 0. The molecule has 2 aromatic rings. The van der Waals surface area contributed by atoms with Crippen molar-refractivity contribution in [1.82, 2.24) is 0 Å². The van der Waals surface area contributed by atoms with Crippen LogP contribution in [0.3, 0.4) is 0 Å². The zero-order valence-corrected chi connectivity index (χ0v) is 10.9. The maximum Gasteiger partial charge on any atom is 0.363 e. The van der Waals surface area contributed by atoms with Gasteiger partial charge in [-0.2, -0.15) is 0 Å². The number of carbonyl (C=O) groups is 1. The molecular formula is C15H11NO2S. The lowest BCUT2D eigenvalue weighted by atomic mass is 10.1. The molecule has 3 nitrogen and oxygen atoms in total. The first-order chi connectivity index (χ1) is 9.31. The molecule has 1 aliphatic heterocycles. The number of nitrogens with zero attached hydrogens (tertiary/aromatic N) is 1. The van der Waals surface area contributed by atoms with E-state index in [0.29, 0.717) is 18.0 Å². The predicted molar refractivity (Wildman–Crippen MR) is 76.0 cm³/mol. The van der Waals surface area contributed by atoms with Gasteiger partial charge in [-0.25, -0.2) is 9.79 Å². The zero-order chi connectivity index (χ0) is 13.1. The molecule has 0 fully saturated rings. The van der Waals surface area contributed by atoms with Crippen LogP contribution >= 0.6 is 11.3 Å². The highest BCUT2D eigenvalue weighted by Gasteiger charge is 2.22. The number of aliphatic imine (C=N–C) groups is 1. The second-order valence-electron chi connectivity index (χ2n) is 4.10. The molecule has 0 spiro atoms. The van der Waals surface area contributed by atoms with Gasteiger partial charge in [-0.1, -0.05) is 36.4 Å². The van der Waals surface area contributed by atoms with Gasteiger partial charge in [0.2, 0.25) is 5.90 Å². The minimum Gasteiger partial charge on any atom is -0.406 e. The monoisotopic (exact) mass is 269 g/mol. The summed E-state index contributed by atoms with van der Waals surface area (Å²) in [4.78, 5) is 16.9. The SMILES string of the molecule is O=C1OC(Cc2ccccc2)=NC1=Cc1cccs1. The molecule has 0 amide bonds. The molecule has 1 aromatic heterocycles. The third kappa shape index (κ3) is 2.80. The summed E-state index contributed by atoms with van der Waals surface area (Å²) in [5, 5.41) is 1.96. The fourth-order valence-electron chi connectivity index (χ4n) is 1.81. The van der Waals surface area contributed by atoms with E-state index in [-0.39, 0.29) is 5.97 Å². The molecule has 0 saturated heterocycles. The predicted octanol–water partition coefficient (Wildman–Crippen LogP) is 3.29. The number of carbonyl (C=O) groups excluding carboxylic acids is 1. The molecule has 1 aliphatic rings. The molecule has 0 radical (unpaired) electrons. The maximum atomic E-state index is 11.7. The Hall–Kier alpha value is -2.20. The van der Waals surface area contributed by atoms with Gasteiger partial charge in [0, 0.05) is 11.3 Å². The van der Waals surface area contributed by atoms with E-state index >= 15 is 0 Å². The van der Waals surface area contributed by atoms with Gasteiger partial charge in [-0.3, -0.25) is 0 Å². The minimum absolute atomic E-state index is 0.369. The number of rotatable bonds is 3. The number of ether oxygens (including phenoxy) is 1. The number of benzene rings is 1. The Balaban J connectivity index is 1.80. The van der Waals surface area contributed by atoms with Crippen LogP contribution < -0.4 is 0 Å². The fraction of sp³-hybridized carbons (Fsp3) is 0.0667. The van der Waals surface area contributed by atoms with Crippen molar-refractivity contribution < 1.29 is 9.53 Å². The Morgan fingerprint density at radius 3 is 2.74 bits per heavy atom. The Kier molecular flexibility index (Phi) is 3.25. The van der Waals surface area contributed by atoms with E-state index < -0.39 is 0 Å². The van der Waals surface area contributed by atoms with Crippen LogP contribution in [0.1, 0.15) is 10.4 Å². The molecule has 4 heteroatoms. The van der Waals surface area contributed by atoms with Gasteiger partial charge in [-0.15, -0.1) is 11.3 Å². The van der Waals surface area contributed by atoms with Crippen molar-refractivity contribution in [2.75, 3.05) is 0 Å². The van der Waals surface area contributed by atoms with E-state index in [0.717, 1.165) is 10.4 Å². The van der Waals surface area contributed by atoms with E-state index in [1.807, 2.05) is 47.8 Å². The fourth-order valence-corrected chi connectivity index (χ4v) is 2.46. The minimum atomic E-state index is -0.376. The summed E-state index contributed by atoms with van der Waals surface area (Å²) in [6.07, 6.45) is 2.29. The van der Waals surface area contributed by atoms with Gasteiger partial charge in [0.05, 0.1) is 0 Å². The van der Waals surface area contributed by atoms with Crippen LogP contribution in [0.5, 0.6) is 0 Å². The largest absolute Gasteiger partial charge is 0.406 e.